The molecule has 3 nitrogen and oxygen atoms in total. The standard InChI is InChI=1S/C13H8BrIN2O/c14-7-5-10(16)12-11(6-7)17-13(18-12)8-3-1-2-4-9(8)15/h1-6H,16H2. The molecule has 0 aliphatic heterocycles. The monoisotopic (exact) mass is 414 g/mol. The van der Waals surface area contributed by atoms with Gasteiger partial charge in [0, 0.05) is 8.04 Å². The third-order valence-corrected chi connectivity index (χ3v) is 3.99. The van der Waals surface area contributed by atoms with Gasteiger partial charge in [-0.1, -0.05) is 28.1 Å². The SMILES string of the molecule is Nc1cc(Br)cc2nc(-c3ccccc3I)oc12. The van der Waals surface area contributed by atoms with Crippen LogP contribution in [0.25, 0.3) is 22.6 Å². The number of rotatable bonds is 1. The second kappa shape index (κ2) is 4.55. The van der Waals surface area contributed by atoms with Gasteiger partial charge < -0.3 is 10.2 Å². The smallest absolute Gasteiger partial charge is 0.228 e. The van der Waals surface area contributed by atoms with Crippen molar-refractivity contribution in [2.45, 2.75) is 0 Å². The first-order valence-electron chi connectivity index (χ1n) is 5.25. The zero-order chi connectivity index (χ0) is 12.7. The van der Waals surface area contributed by atoms with Crippen LogP contribution in [0.5, 0.6) is 0 Å². The summed E-state index contributed by atoms with van der Waals surface area (Å²) in [6.45, 7) is 0. The second-order valence-corrected chi connectivity index (χ2v) is 5.92. The lowest BCUT2D eigenvalue weighted by molar-refractivity contribution is 0.620. The molecule has 3 aromatic rings. The van der Waals surface area contributed by atoms with Crippen LogP contribution in [-0.4, -0.2) is 4.98 Å². The van der Waals surface area contributed by atoms with Gasteiger partial charge >= 0.3 is 0 Å². The number of oxazole rings is 1. The lowest BCUT2D eigenvalue weighted by atomic mass is 10.2. The van der Waals surface area contributed by atoms with Crippen LogP contribution >= 0.6 is 38.5 Å². The van der Waals surface area contributed by atoms with Gasteiger partial charge in [-0.25, -0.2) is 4.98 Å². The van der Waals surface area contributed by atoms with E-state index in [4.69, 9.17) is 10.2 Å². The van der Waals surface area contributed by atoms with E-state index in [1.54, 1.807) is 0 Å². The molecular weight excluding hydrogens is 407 g/mol. The van der Waals surface area contributed by atoms with Crippen LogP contribution in [0.3, 0.4) is 0 Å². The minimum absolute atomic E-state index is 0.587. The Morgan fingerprint density at radius 1 is 1.22 bits per heavy atom. The van der Waals surface area contributed by atoms with E-state index in [0.717, 1.165) is 19.1 Å². The quantitative estimate of drug-likeness (QED) is 0.473. The number of hydrogen-bond acceptors (Lipinski definition) is 3. The number of nitrogen functional groups attached to an aromatic ring is 1. The molecule has 0 aliphatic carbocycles. The average Bonchev–Trinajstić information content (AvgIpc) is 2.73. The van der Waals surface area contributed by atoms with Gasteiger partial charge in [0.25, 0.3) is 0 Å². The van der Waals surface area contributed by atoms with Gasteiger partial charge in [-0.15, -0.1) is 0 Å². The van der Waals surface area contributed by atoms with E-state index in [-0.39, 0.29) is 0 Å². The van der Waals surface area contributed by atoms with Gasteiger partial charge in [-0.3, -0.25) is 0 Å². The Kier molecular flexibility index (Phi) is 3.03. The van der Waals surface area contributed by atoms with Crippen LogP contribution in [0.15, 0.2) is 45.3 Å². The van der Waals surface area contributed by atoms with Crippen molar-refractivity contribution >= 4 is 55.3 Å². The average molecular weight is 415 g/mol. The van der Waals surface area contributed by atoms with Crippen molar-refractivity contribution in [1.29, 1.82) is 0 Å². The Hall–Kier alpha value is -1.08. The van der Waals surface area contributed by atoms with Gasteiger partial charge in [0.1, 0.15) is 5.52 Å². The maximum Gasteiger partial charge on any atom is 0.228 e. The van der Waals surface area contributed by atoms with E-state index in [9.17, 15) is 0 Å². The number of halogens is 2. The molecule has 0 saturated carbocycles. The van der Waals surface area contributed by atoms with E-state index in [1.807, 2.05) is 36.4 Å². The Labute approximate surface area is 126 Å². The molecule has 2 aromatic carbocycles. The predicted octanol–water partition coefficient (Wildman–Crippen LogP) is 4.44. The molecule has 0 aliphatic rings. The molecule has 0 spiro atoms. The minimum Gasteiger partial charge on any atom is -0.434 e. The highest BCUT2D eigenvalue weighted by molar-refractivity contribution is 14.1. The number of aromatic nitrogens is 1. The third-order valence-electron chi connectivity index (χ3n) is 2.59. The number of fused-ring (bicyclic) bond motifs is 1. The topological polar surface area (TPSA) is 52.0 Å². The minimum atomic E-state index is 0.587. The maximum absolute atomic E-state index is 5.92. The van der Waals surface area contributed by atoms with Crippen LogP contribution < -0.4 is 5.73 Å². The number of anilines is 1. The lowest BCUT2D eigenvalue weighted by Gasteiger charge is -1.97. The first-order chi connectivity index (χ1) is 8.65. The highest BCUT2D eigenvalue weighted by Crippen LogP contribution is 2.32. The Morgan fingerprint density at radius 3 is 2.78 bits per heavy atom. The Morgan fingerprint density at radius 2 is 2.00 bits per heavy atom. The van der Waals surface area contributed by atoms with Gasteiger partial charge in [-0.05, 0) is 46.9 Å². The fourth-order valence-electron chi connectivity index (χ4n) is 1.77. The molecular formula is C13H8BrIN2O. The molecule has 0 radical (unpaired) electrons. The predicted molar refractivity (Wildman–Crippen MR) is 84.3 cm³/mol. The number of nitrogens with two attached hydrogens (primary N) is 1. The van der Waals surface area contributed by atoms with Crippen molar-refractivity contribution in [2.24, 2.45) is 0 Å². The van der Waals surface area contributed by atoms with Crippen molar-refractivity contribution in [3.05, 3.63) is 44.4 Å². The molecule has 0 bridgehead atoms. The van der Waals surface area contributed by atoms with E-state index in [1.165, 1.54) is 0 Å². The molecule has 5 heteroatoms. The van der Waals surface area contributed by atoms with Gasteiger partial charge in [-0.2, -0.15) is 0 Å². The number of benzene rings is 2. The fraction of sp³-hybridized carbons (Fsp3) is 0. The van der Waals surface area contributed by atoms with Crippen LogP contribution in [0.2, 0.25) is 0 Å². The summed E-state index contributed by atoms with van der Waals surface area (Å²) in [5.74, 6) is 0.597. The Balaban J connectivity index is 2.26. The summed E-state index contributed by atoms with van der Waals surface area (Å²) < 4.78 is 7.75. The molecule has 0 saturated heterocycles. The van der Waals surface area contributed by atoms with Crippen molar-refractivity contribution in [2.75, 3.05) is 5.73 Å². The van der Waals surface area contributed by atoms with Gasteiger partial charge in [0.2, 0.25) is 5.89 Å². The molecule has 1 aromatic heterocycles. The summed E-state index contributed by atoms with van der Waals surface area (Å²) >= 11 is 5.66. The zero-order valence-electron chi connectivity index (χ0n) is 9.15. The van der Waals surface area contributed by atoms with Crippen molar-refractivity contribution in [3.63, 3.8) is 0 Å². The molecule has 1 heterocycles. The van der Waals surface area contributed by atoms with Crippen LogP contribution in [0.1, 0.15) is 0 Å². The van der Waals surface area contributed by atoms with E-state index in [2.05, 4.69) is 43.5 Å². The zero-order valence-corrected chi connectivity index (χ0v) is 12.9. The molecule has 18 heavy (non-hydrogen) atoms. The van der Waals surface area contributed by atoms with Gasteiger partial charge in [0.15, 0.2) is 5.58 Å². The summed E-state index contributed by atoms with van der Waals surface area (Å²) in [6, 6.07) is 11.7. The molecule has 0 fully saturated rings. The molecule has 0 amide bonds. The number of hydrogen-bond donors (Lipinski definition) is 1. The normalized spacial score (nSPS) is 11.0. The van der Waals surface area contributed by atoms with Crippen molar-refractivity contribution in [3.8, 4) is 11.5 Å². The number of nitrogens with zero attached hydrogens (tertiary/aromatic N) is 1. The molecule has 2 N–H and O–H groups in total. The lowest BCUT2D eigenvalue weighted by Crippen LogP contribution is -1.84. The van der Waals surface area contributed by atoms with E-state index >= 15 is 0 Å². The molecule has 90 valence electrons. The summed E-state index contributed by atoms with van der Waals surface area (Å²) in [6.07, 6.45) is 0. The fourth-order valence-corrected chi connectivity index (χ4v) is 2.85. The Bertz CT molecular complexity index is 739. The van der Waals surface area contributed by atoms with Gasteiger partial charge in [0.05, 0.1) is 11.3 Å². The maximum atomic E-state index is 5.92. The highest BCUT2D eigenvalue weighted by Gasteiger charge is 2.13. The third kappa shape index (κ3) is 2.01. The van der Waals surface area contributed by atoms with Crippen molar-refractivity contribution < 1.29 is 4.42 Å². The first kappa shape index (κ1) is 12.0. The van der Waals surface area contributed by atoms with Crippen LogP contribution in [0.4, 0.5) is 5.69 Å². The summed E-state index contributed by atoms with van der Waals surface area (Å²) in [7, 11) is 0. The molecule has 0 atom stereocenters. The summed E-state index contributed by atoms with van der Waals surface area (Å²) in [5.41, 5.74) is 8.88. The summed E-state index contributed by atoms with van der Waals surface area (Å²) in [5, 5.41) is 0. The van der Waals surface area contributed by atoms with E-state index < -0.39 is 0 Å². The van der Waals surface area contributed by atoms with E-state index in [0.29, 0.717) is 17.2 Å². The largest absolute Gasteiger partial charge is 0.434 e. The highest BCUT2D eigenvalue weighted by atomic mass is 127. The summed E-state index contributed by atoms with van der Waals surface area (Å²) in [4.78, 5) is 4.48. The van der Waals surface area contributed by atoms with Crippen molar-refractivity contribution in [1.82, 2.24) is 4.98 Å². The van der Waals surface area contributed by atoms with Crippen LogP contribution in [-0.2, 0) is 0 Å². The molecule has 3 rings (SSSR count). The first-order valence-corrected chi connectivity index (χ1v) is 7.13. The van der Waals surface area contributed by atoms with Crippen LogP contribution in [0, 0.1) is 3.57 Å². The molecule has 0 unspecified atom stereocenters. The second-order valence-electron chi connectivity index (χ2n) is 3.84.